The standard InChI is InChI=1S/C12H11NO5S2/c1-7-6-10(19-11(7)12(15)16)20(17,18)13-8-2-4-9(14)5-3-8/h2-6,13-14H,1H3,(H,15,16). The lowest BCUT2D eigenvalue weighted by Crippen LogP contribution is -2.11. The van der Waals surface area contributed by atoms with Gasteiger partial charge in [-0.2, -0.15) is 0 Å². The third-order valence-electron chi connectivity index (χ3n) is 2.47. The summed E-state index contributed by atoms with van der Waals surface area (Å²) in [5, 5.41) is 18.1. The fraction of sp³-hybridized carbons (Fsp3) is 0.0833. The maximum atomic E-state index is 12.1. The van der Waals surface area contributed by atoms with Crippen molar-refractivity contribution in [1.29, 1.82) is 0 Å². The molecule has 0 atom stereocenters. The van der Waals surface area contributed by atoms with E-state index in [1.54, 1.807) is 6.92 Å². The van der Waals surface area contributed by atoms with Gasteiger partial charge in [0.2, 0.25) is 0 Å². The summed E-state index contributed by atoms with van der Waals surface area (Å²) >= 11 is 0.698. The van der Waals surface area contributed by atoms with Gasteiger partial charge in [0.05, 0.1) is 0 Å². The Morgan fingerprint density at radius 1 is 1.25 bits per heavy atom. The number of hydrogen-bond donors (Lipinski definition) is 3. The van der Waals surface area contributed by atoms with Crippen molar-refractivity contribution in [1.82, 2.24) is 0 Å². The normalized spacial score (nSPS) is 11.2. The van der Waals surface area contributed by atoms with Crippen LogP contribution in [0.4, 0.5) is 5.69 Å². The van der Waals surface area contributed by atoms with Crippen LogP contribution in [0.5, 0.6) is 5.75 Å². The molecule has 0 saturated heterocycles. The number of benzene rings is 1. The highest BCUT2D eigenvalue weighted by atomic mass is 32.2. The summed E-state index contributed by atoms with van der Waals surface area (Å²) in [6.07, 6.45) is 0. The number of thiophene rings is 1. The molecule has 1 aromatic heterocycles. The van der Waals surface area contributed by atoms with E-state index in [9.17, 15) is 13.2 Å². The SMILES string of the molecule is Cc1cc(S(=O)(=O)Nc2ccc(O)cc2)sc1C(=O)O. The number of carboxylic acid groups (broad SMARTS) is 1. The van der Waals surface area contributed by atoms with Gasteiger partial charge >= 0.3 is 5.97 Å². The van der Waals surface area contributed by atoms with Crippen LogP contribution < -0.4 is 4.72 Å². The van der Waals surface area contributed by atoms with Crippen LogP contribution in [0.2, 0.25) is 0 Å². The lowest BCUT2D eigenvalue weighted by atomic mass is 10.3. The number of carbonyl (C=O) groups is 1. The van der Waals surface area contributed by atoms with Crippen molar-refractivity contribution in [3.63, 3.8) is 0 Å². The third-order valence-corrected chi connectivity index (χ3v) is 5.55. The molecule has 2 aromatic rings. The lowest BCUT2D eigenvalue weighted by Gasteiger charge is -2.05. The number of anilines is 1. The molecule has 0 bridgehead atoms. The van der Waals surface area contributed by atoms with Gasteiger partial charge in [0.25, 0.3) is 10.0 Å². The van der Waals surface area contributed by atoms with Crippen LogP contribution in [0, 0.1) is 6.92 Å². The van der Waals surface area contributed by atoms with Gasteiger partial charge in [0.1, 0.15) is 14.8 Å². The summed E-state index contributed by atoms with van der Waals surface area (Å²) in [5.74, 6) is -1.13. The summed E-state index contributed by atoms with van der Waals surface area (Å²) in [5.41, 5.74) is 0.680. The van der Waals surface area contributed by atoms with Crippen molar-refractivity contribution in [3.8, 4) is 5.75 Å². The monoisotopic (exact) mass is 313 g/mol. The molecule has 3 N–H and O–H groups in total. The molecule has 0 spiro atoms. The average Bonchev–Trinajstić information content (AvgIpc) is 2.75. The summed E-state index contributed by atoms with van der Waals surface area (Å²) in [4.78, 5) is 10.9. The van der Waals surface area contributed by atoms with E-state index in [2.05, 4.69) is 4.72 Å². The van der Waals surface area contributed by atoms with Crippen LogP contribution in [0.3, 0.4) is 0 Å². The number of aromatic hydroxyl groups is 1. The molecule has 0 aliphatic heterocycles. The number of aryl methyl sites for hydroxylation is 1. The van der Waals surface area contributed by atoms with Gasteiger partial charge in [-0.05, 0) is 42.8 Å². The van der Waals surface area contributed by atoms with Crippen LogP contribution >= 0.6 is 11.3 Å². The second kappa shape index (κ2) is 5.14. The van der Waals surface area contributed by atoms with Crippen LogP contribution in [-0.2, 0) is 10.0 Å². The predicted molar refractivity (Wildman–Crippen MR) is 74.9 cm³/mol. The quantitative estimate of drug-likeness (QED) is 0.751. The van der Waals surface area contributed by atoms with Gasteiger partial charge in [-0.15, -0.1) is 11.3 Å². The lowest BCUT2D eigenvalue weighted by molar-refractivity contribution is 0.0701. The largest absolute Gasteiger partial charge is 0.508 e. The van der Waals surface area contributed by atoms with E-state index < -0.39 is 16.0 Å². The molecule has 2 rings (SSSR count). The number of phenolic OH excluding ortho intramolecular Hbond substituents is 1. The summed E-state index contributed by atoms with van der Waals surface area (Å²) in [6.45, 7) is 1.54. The zero-order valence-corrected chi connectivity index (χ0v) is 12.0. The minimum Gasteiger partial charge on any atom is -0.508 e. The molecule has 6 nitrogen and oxygen atoms in total. The molecule has 1 heterocycles. The number of nitrogens with one attached hydrogen (secondary N) is 1. The van der Waals surface area contributed by atoms with E-state index in [1.165, 1.54) is 30.3 Å². The summed E-state index contributed by atoms with van der Waals surface area (Å²) in [6, 6.07) is 6.83. The second-order valence-electron chi connectivity index (χ2n) is 4.04. The van der Waals surface area contributed by atoms with Gasteiger partial charge in [0, 0.05) is 5.69 Å². The maximum absolute atomic E-state index is 12.1. The number of rotatable bonds is 4. The van der Waals surface area contributed by atoms with Crippen LogP contribution in [0.25, 0.3) is 0 Å². The molecule has 8 heteroatoms. The van der Waals surface area contributed by atoms with Crippen molar-refractivity contribution >= 4 is 33.0 Å². The molecule has 0 saturated carbocycles. The van der Waals surface area contributed by atoms with Gasteiger partial charge in [-0.1, -0.05) is 0 Å². The number of phenols is 1. The highest BCUT2D eigenvalue weighted by Crippen LogP contribution is 2.28. The van der Waals surface area contributed by atoms with Crippen molar-refractivity contribution < 1.29 is 23.4 Å². The Kier molecular flexibility index (Phi) is 3.69. The van der Waals surface area contributed by atoms with Crippen molar-refractivity contribution in [2.45, 2.75) is 11.1 Å². The van der Waals surface area contributed by atoms with E-state index in [0.29, 0.717) is 16.9 Å². The number of sulfonamides is 1. The smallest absolute Gasteiger partial charge is 0.346 e. The Bertz CT molecular complexity index is 747. The molecule has 20 heavy (non-hydrogen) atoms. The van der Waals surface area contributed by atoms with E-state index in [0.717, 1.165) is 0 Å². The second-order valence-corrected chi connectivity index (χ2v) is 7.00. The predicted octanol–water partition coefficient (Wildman–Crippen LogP) is 2.26. The Morgan fingerprint density at radius 3 is 2.35 bits per heavy atom. The van der Waals surface area contributed by atoms with Gasteiger partial charge < -0.3 is 10.2 Å². The molecule has 0 fully saturated rings. The zero-order chi connectivity index (χ0) is 14.9. The fourth-order valence-electron chi connectivity index (χ4n) is 1.53. The Hall–Kier alpha value is -2.06. The maximum Gasteiger partial charge on any atom is 0.346 e. The minimum absolute atomic E-state index is 0.00363. The molecule has 1 aromatic carbocycles. The van der Waals surface area contributed by atoms with Gasteiger partial charge in [-0.3, -0.25) is 4.72 Å². The zero-order valence-electron chi connectivity index (χ0n) is 10.3. The van der Waals surface area contributed by atoms with Crippen LogP contribution in [-0.4, -0.2) is 24.6 Å². The Labute approximate surface area is 119 Å². The van der Waals surface area contributed by atoms with E-state index in [4.69, 9.17) is 10.2 Å². The molecule has 0 aliphatic carbocycles. The molecule has 0 radical (unpaired) electrons. The molecule has 0 aliphatic rings. The molecule has 106 valence electrons. The molecular formula is C12H11NO5S2. The first-order valence-electron chi connectivity index (χ1n) is 5.45. The summed E-state index contributed by atoms with van der Waals surface area (Å²) in [7, 11) is -3.84. The first-order chi connectivity index (χ1) is 9.29. The number of carboxylic acids is 1. The number of hydrogen-bond acceptors (Lipinski definition) is 5. The van der Waals surface area contributed by atoms with Crippen molar-refractivity contribution in [3.05, 3.63) is 40.8 Å². The fourth-order valence-corrected chi connectivity index (χ4v) is 3.97. The topological polar surface area (TPSA) is 104 Å². The Morgan fingerprint density at radius 2 is 1.85 bits per heavy atom. The highest BCUT2D eigenvalue weighted by Gasteiger charge is 2.21. The van der Waals surface area contributed by atoms with Crippen LogP contribution in [0.15, 0.2) is 34.5 Å². The first kappa shape index (κ1) is 14.4. The molecule has 0 unspecified atom stereocenters. The van der Waals surface area contributed by atoms with E-state index >= 15 is 0 Å². The van der Waals surface area contributed by atoms with Crippen molar-refractivity contribution in [2.75, 3.05) is 4.72 Å². The summed E-state index contributed by atoms with van der Waals surface area (Å²) < 4.78 is 26.5. The highest BCUT2D eigenvalue weighted by molar-refractivity contribution is 7.94. The van der Waals surface area contributed by atoms with E-state index in [1.807, 2.05) is 0 Å². The number of aromatic carboxylic acids is 1. The Balaban J connectivity index is 2.33. The van der Waals surface area contributed by atoms with Gasteiger partial charge in [0.15, 0.2) is 0 Å². The molecule has 0 amide bonds. The minimum atomic E-state index is -3.84. The van der Waals surface area contributed by atoms with Crippen LogP contribution in [0.1, 0.15) is 15.2 Å². The van der Waals surface area contributed by atoms with E-state index in [-0.39, 0.29) is 20.5 Å². The first-order valence-corrected chi connectivity index (χ1v) is 7.75. The third kappa shape index (κ3) is 2.91. The van der Waals surface area contributed by atoms with Gasteiger partial charge in [-0.25, -0.2) is 13.2 Å². The van der Waals surface area contributed by atoms with Crippen molar-refractivity contribution in [2.24, 2.45) is 0 Å². The average molecular weight is 313 g/mol. The molecular weight excluding hydrogens is 302 g/mol.